The fraction of sp³-hybridized carbons (Fsp3) is 0.560. The number of aromatic nitrogens is 2. The fourth-order valence-electron chi connectivity index (χ4n) is 5.42. The van der Waals surface area contributed by atoms with Gasteiger partial charge in [-0.25, -0.2) is 4.98 Å². The Balaban J connectivity index is 1.37. The van der Waals surface area contributed by atoms with Crippen LogP contribution < -0.4 is 0 Å². The largest absolute Gasteiger partial charge is 0.494 e. The summed E-state index contributed by atoms with van der Waals surface area (Å²) in [5, 5.41) is 0. The number of likely N-dealkylation sites (tertiary alicyclic amines) is 1. The van der Waals surface area contributed by atoms with Crippen molar-refractivity contribution in [2.24, 2.45) is 0 Å². The highest BCUT2D eigenvalue weighted by Crippen LogP contribution is 2.30. The number of hydrogen-bond acceptors (Lipinski definition) is 3. The summed E-state index contributed by atoms with van der Waals surface area (Å²) in [5.41, 5.74) is 5.32. The van der Waals surface area contributed by atoms with Gasteiger partial charge in [-0.2, -0.15) is 0 Å². The van der Waals surface area contributed by atoms with Gasteiger partial charge in [0.25, 0.3) is 0 Å². The number of para-hydroxylation sites is 1. The molecule has 5 rings (SSSR count). The predicted molar refractivity (Wildman–Crippen MR) is 116 cm³/mol. The summed E-state index contributed by atoms with van der Waals surface area (Å²) < 4.78 is 8.75. The van der Waals surface area contributed by atoms with Crippen LogP contribution in [0.4, 0.5) is 0 Å². The first-order chi connectivity index (χ1) is 14.3. The Kier molecular flexibility index (Phi) is 5.45. The van der Waals surface area contributed by atoms with Crippen LogP contribution in [-0.2, 0) is 24.0 Å². The summed E-state index contributed by atoms with van der Waals surface area (Å²) in [6.45, 7) is 6.72. The molecule has 4 nitrogen and oxygen atoms in total. The molecular formula is C25H33N3O. The SMILES string of the molecule is C=C(OC1CCCCC1)[C@H](Cc1ncn2c1CCc1ccccc1-2)N1CCCC1. The molecule has 1 aliphatic carbocycles. The van der Waals surface area contributed by atoms with Crippen molar-refractivity contribution in [3.63, 3.8) is 0 Å². The van der Waals surface area contributed by atoms with Crippen LogP contribution in [-0.4, -0.2) is 39.7 Å². The number of fused-ring (bicyclic) bond motifs is 3. The van der Waals surface area contributed by atoms with E-state index in [9.17, 15) is 0 Å². The van der Waals surface area contributed by atoms with Crippen molar-refractivity contribution in [1.29, 1.82) is 0 Å². The molecule has 0 amide bonds. The van der Waals surface area contributed by atoms with Crippen molar-refractivity contribution < 1.29 is 4.74 Å². The third kappa shape index (κ3) is 3.87. The third-order valence-corrected chi connectivity index (χ3v) is 7.05. The molecule has 2 fully saturated rings. The molecule has 0 unspecified atom stereocenters. The maximum Gasteiger partial charge on any atom is 0.107 e. The number of nitrogens with zero attached hydrogens (tertiary/aromatic N) is 3. The van der Waals surface area contributed by atoms with Crippen LogP contribution in [0.15, 0.2) is 42.9 Å². The average Bonchev–Trinajstić information content (AvgIpc) is 3.43. The summed E-state index contributed by atoms with van der Waals surface area (Å²) in [4.78, 5) is 7.45. The molecule has 1 aromatic carbocycles. The van der Waals surface area contributed by atoms with Crippen molar-refractivity contribution in [2.45, 2.75) is 76.4 Å². The van der Waals surface area contributed by atoms with Gasteiger partial charge >= 0.3 is 0 Å². The van der Waals surface area contributed by atoms with Crippen molar-refractivity contribution in [1.82, 2.24) is 14.5 Å². The van der Waals surface area contributed by atoms with Gasteiger partial charge in [0.2, 0.25) is 0 Å². The topological polar surface area (TPSA) is 30.3 Å². The second-order valence-corrected chi connectivity index (χ2v) is 8.94. The zero-order chi connectivity index (χ0) is 19.6. The van der Waals surface area contributed by atoms with Gasteiger partial charge in [0.1, 0.15) is 5.76 Å². The second kappa shape index (κ2) is 8.35. The number of rotatable bonds is 6. The van der Waals surface area contributed by atoms with Gasteiger partial charge in [0, 0.05) is 17.8 Å². The number of imidazole rings is 1. The van der Waals surface area contributed by atoms with Crippen LogP contribution in [0.3, 0.4) is 0 Å². The lowest BCUT2D eigenvalue weighted by atomic mass is 9.97. The van der Waals surface area contributed by atoms with Gasteiger partial charge in [-0.15, -0.1) is 0 Å². The van der Waals surface area contributed by atoms with Crippen molar-refractivity contribution in [3.05, 3.63) is 59.9 Å². The molecule has 29 heavy (non-hydrogen) atoms. The quantitative estimate of drug-likeness (QED) is 0.660. The van der Waals surface area contributed by atoms with Crippen LogP contribution in [0.5, 0.6) is 0 Å². The number of aryl methyl sites for hydroxylation is 1. The lowest BCUT2D eigenvalue weighted by Gasteiger charge is -2.32. The molecule has 1 saturated heterocycles. The minimum Gasteiger partial charge on any atom is -0.494 e. The summed E-state index contributed by atoms with van der Waals surface area (Å²) >= 11 is 0. The summed E-state index contributed by atoms with van der Waals surface area (Å²) in [6.07, 6.45) is 14.3. The molecule has 0 radical (unpaired) electrons. The Morgan fingerprint density at radius 2 is 1.86 bits per heavy atom. The van der Waals surface area contributed by atoms with E-state index in [2.05, 4.69) is 40.3 Å². The van der Waals surface area contributed by atoms with E-state index in [1.54, 1.807) is 0 Å². The Labute approximate surface area is 174 Å². The lowest BCUT2D eigenvalue weighted by Crippen LogP contribution is -2.38. The molecule has 1 saturated carbocycles. The minimum atomic E-state index is 0.246. The van der Waals surface area contributed by atoms with E-state index < -0.39 is 0 Å². The normalized spacial score (nSPS) is 20.8. The summed E-state index contributed by atoms with van der Waals surface area (Å²) in [7, 11) is 0. The van der Waals surface area contributed by atoms with E-state index in [1.807, 2.05) is 6.33 Å². The second-order valence-electron chi connectivity index (χ2n) is 8.94. The van der Waals surface area contributed by atoms with E-state index in [0.29, 0.717) is 6.10 Å². The van der Waals surface area contributed by atoms with Crippen LogP contribution in [0.1, 0.15) is 61.9 Å². The molecule has 2 aromatic rings. The fourth-order valence-corrected chi connectivity index (χ4v) is 5.42. The summed E-state index contributed by atoms with van der Waals surface area (Å²) in [6, 6.07) is 8.96. The minimum absolute atomic E-state index is 0.246. The summed E-state index contributed by atoms with van der Waals surface area (Å²) in [5.74, 6) is 0.969. The van der Waals surface area contributed by atoms with Crippen LogP contribution in [0, 0.1) is 0 Å². The van der Waals surface area contributed by atoms with Gasteiger partial charge in [-0.3, -0.25) is 4.90 Å². The van der Waals surface area contributed by atoms with Crippen molar-refractivity contribution in [3.8, 4) is 5.69 Å². The standard InChI is InChI=1S/C25H33N3O/c1-19(29-21-10-3-2-4-11-21)25(27-15-7-8-16-27)17-22-24-14-13-20-9-5-6-12-23(20)28(24)18-26-22/h5-6,9,12,18,21,25H,1-4,7-8,10-11,13-17H2/t25-/m0/s1. The van der Waals surface area contributed by atoms with E-state index in [4.69, 9.17) is 9.72 Å². The van der Waals surface area contributed by atoms with Crippen molar-refractivity contribution in [2.75, 3.05) is 13.1 Å². The Morgan fingerprint density at radius 1 is 1.07 bits per heavy atom. The average molecular weight is 392 g/mol. The van der Waals surface area contributed by atoms with E-state index in [-0.39, 0.29) is 6.04 Å². The third-order valence-electron chi connectivity index (χ3n) is 7.05. The Bertz CT molecular complexity index is 859. The highest BCUT2D eigenvalue weighted by Gasteiger charge is 2.30. The van der Waals surface area contributed by atoms with E-state index in [0.717, 1.165) is 38.1 Å². The van der Waals surface area contributed by atoms with E-state index >= 15 is 0 Å². The van der Waals surface area contributed by atoms with Crippen LogP contribution in [0.2, 0.25) is 0 Å². The molecule has 4 heteroatoms. The first kappa shape index (κ1) is 18.9. The molecule has 3 aliphatic rings. The van der Waals surface area contributed by atoms with Gasteiger partial charge in [-0.05, 0) is 76.1 Å². The highest BCUT2D eigenvalue weighted by atomic mass is 16.5. The van der Waals surface area contributed by atoms with Crippen LogP contribution >= 0.6 is 0 Å². The first-order valence-electron chi connectivity index (χ1n) is 11.5. The Morgan fingerprint density at radius 3 is 2.69 bits per heavy atom. The maximum atomic E-state index is 6.44. The lowest BCUT2D eigenvalue weighted by molar-refractivity contribution is 0.0516. The predicted octanol–water partition coefficient (Wildman–Crippen LogP) is 4.84. The monoisotopic (exact) mass is 391 g/mol. The molecule has 154 valence electrons. The zero-order valence-electron chi connectivity index (χ0n) is 17.5. The van der Waals surface area contributed by atoms with Gasteiger partial charge in [-0.1, -0.05) is 31.2 Å². The first-order valence-corrected chi connectivity index (χ1v) is 11.5. The number of hydrogen-bond donors (Lipinski definition) is 0. The van der Waals surface area contributed by atoms with E-state index in [1.165, 1.54) is 67.6 Å². The highest BCUT2D eigenvalue weighted by molar-refractivity contribution is 5.46. The molecular weight excluding hydrogens is 358 g/mol. The van der Waals surface area contributed by atoms with Crippen LogP contribution in [0.25, 0.3) is 5.69 Å². The Hall–Kier alpha value is -2.07. The smallest absolute Gasteiger partial charge is 0.107 e. The molecule has 0 bridgehead atoms. The van der Waals surface area contributed by atoms with Gasteiger partial charge in [0.15, 0.2) is 0 Å². The zero-order valence-corrected chi connectivity index (χ0v) is 17.5. The molecule has 0 spiro atoms. The molecule has 2 aliphatic heterocycles. The number of benzene rings is 1. The van der Waals surface area contributed by atoms with Gasteiger partial charge in [0.05, 0.1) is 24.2 Å². The molecule has 0 N–H and O–H groups in total. The van der Waals surface area contributed by atoms with Gasteiger partial charge < -0.3 is 9.30 Å². The maximum absolute atomic E-state index is 6.44. The molecule has 1 aromatic heterocycles. The molecule has 3 heterocycles. The van der Waals surface area contributed by atoms with Crippen molar-refractivity contribution >= 4 is 0 Å². The number of ether oxygens (including phenoxy) is 1. The molecule has 1 atom stereocenters.